The van der Waals surface area contributed by atoms with Gasteiger partial charge < -0.3 is 14.8 Å². The second-order valence-electron chi connectivity index (χ2n) is 4.92. The van der Waals surface area contributed by atoms with E-state index < -0.39 is 12.5 Å². The van der Waals surface area contributed by atoms with Crippen LogP contribution in [0.4, 0.5) is 14.5 Å². The highest BCUT2D eigenvalue weighted by atomic mass is 19.3. The third-order valence-corrected chi connectivity index (χ3v) is 3.50. The number of methoxy groups -OCH3 is 1. The summed E-state index contributed by atoms with van der Waals surface area (Å²) in [6.45, 7) is 0.730. The van der Waals surface area contributed by atoms with E-state index >= 15 is 0 Å². The Kier molecular flexibility index (Phi) is 5.16. The first-order chi connectivity index (χ1) is 10.9. The van der Waals surface area contributed by atoms with Gasteiger partial charge in [-0.05, 0) is 43.2 Å². The Morgan fingerprint density at radius 1 is 1.13 bits per heavy atom. The predicted molar refractivity (Wildman–Crippen MR) is 83.5 cm³/mol. The SMILES string of the molecule is COc1cccc(C(=O)Nc2cccc(C)c2C)c1OC(F)F. The average molecular weight is 321 g/mol. The number of nitrogens with one attached hydrogen (secondary N) is 1. The van der Waals surface area contributed by atoms with E-state index in [4.69, 9.17) is 4.74 Å². The normalized spacial score (nSPS) is 10.5. The van der Waals surface area contributed by atoms with Crippen molar-refractivity contribution in [3.05, 3.63) is 53.1 Å². The number of ether oxygens (including phenoxy) is 2. The summed E-state index contributed by atoms with van der Waals surface area (Å²) in [4.78, 5) is 12.5. The Morgan fingerprint density at radius 3 is 2.48 bits per heavy atom. The largest absolute Gasteiger partial charge is 0.493 e. The van der Waals surface area contributed by atoms with Gasteiger partial charge in [0.2, 0.25) is 0 Å². The average Bonchev–Trinajstić information content (AvgIpc) is 2.51. The van der Waals surface area contributed by atoms with E-state index in [0.717, 1.165) is 11.1 Å². The number of anilines is 1. The molecule has 0 saturated carbocycles. The smallest absolute Gasteiger partial charge is 0.387 e. The van der Waals surface area contributed by atoms with Crippen LogP contribution in [0, 0.1) is 13.8 Å². The molecule has 0 aromatic heterocycles. The minimum Gasteiger partial charge on any atom is -0.493 e. The number of hydrogen-bond acceptors (Lipinski definition) is 3. The lowest BCUT2D eigenvalue weighted by Crippen LogP contribution is -2.16. The molecule has 0 heterocycles. The van der Waals surface area contributed by atoms with Crippen molar-refractivity contribution in [3.8, 4) is 11.5 Å². The van der Waals surface area contributed by atoms with Crippen molar-refractivity contribution in [2.24, 2.45) is 0 Å². The second kappa shape index (κ2) is 7.09. The highest BCUT2D eigenvalue weighted by Crippen LogP contribution is 2.33. The first-order valence-corrected chi connectivity index (χ1v) is 6.93. The molecule has 0 aliphatic heterocycles. The minimum atomic E-state index is -3.06. The minimum absolute atomic E-state index is 0.0226. The van der Waals surface area contributed by atoms with Gasteiger partial charge in [0.05, 0.1) is 12.7 Å². The molecule has 0 radical (unpaired) electrons. The summed E-state index contributed by atoms with van der Waals surface area (Å²) in [5.41, 5.74) is 2.50. The molecular formula is C17H17F2NO3. The molecule has 0 spiro atoms. The van der Waals surface area contributed by atoms with Gasteiger partial charge in [-0.3, -0.25) is 4.79 Å². The van der Waals surface area contributed by atoms with Crippen LogP contribution in [0.2, 0.25) is 0 Å². The van der Waals surface area contributed by atoms with Crippen molar-refractivity contribution in [1.82, 2.24) is 0 Å². The number of halogens is 2. The molecule has 2 aromatic rings. The highest BCUT2D eigenvalue weighted by molar-refractivity contribution is 6.07. The molecule has 0 atom stereocenters. The zero-order valence-electron chi connectivity index (χ0n) is 13.0. The lowest BCUT2D eigenvalue weighted by atomic mass is 10.1. The van der Waals surface area contributed by atoms with Crippen LogP contribution >= 0.6 is 0 Å². The molecule has 23 heavy (non-hydrogen) atoms. The van der Waals surface area contributed by atoms with Crippen molar-refractivity contribution < 1.29 is 23.0 Å². The summed E-state index contributed by atoms with van der Waals surface area (Å²) < 4.78 is 34.7. The summed E-state index contributed by atoms with van der Waals surface area (Å²) in [5.74, 6) is -0.764. The van der Waals surface area contributed by atoms with Crippen molar-refractivity contribution >= 4 is 11.6 Å². The van der Waals surface area contributed by atoms with Gasteiger partial charge in [0.25, 0.3) is 5.91 Å². The van der Waals surface area contributed by atoms with Gasteiger partial charge in [0, 0.05) is 5.69 Å². The van der Waals surface area contributed by atoms with Crippen LogP contribution in [0.15, 0.2) is 36.4 Å². The fourth-order valence-electron chi connectivity index (χ4n) is 2.14. The molecular weight excluding hydrogens is 304 g/mol. The number of carbonyl (C=O) groups excluding carboxylic acids is 1. The van der Waals surface area contributed by atoms with Gasteiger partial charge in [-0.1, -0.05) is 18.2 Å². The van der Waals surface area contributed by atoms with E-state index in [2.05, 4.69) is 10.1 Å². The lowest BCUT2D eigenvalue weighted by Gasteiger charge is -2.15. The molecule has 2 rings (SSSR count). The van der Waals surface area contributed by atoms with Crippen LogP contribution in [0.1, 0.15) is 21.5 Å². The predicted octanol–water partition coefficient (Wildman–Crippen LogP) is 4.17. The molecule has 2 aromatic carbocycles. The number of benzene rings is 2. The fourth-order valence-corrected chi connectivity index (χ4v) is 2.14. The Hall–Kier alpha value is -2.63. The third-order valence-electron chi connectivity index (χ3n) is 3.50. The van der Waals surface area contributed by atoms with E-state index in [9.17, 15) is 13.6 Å². The van der Waals surface area contributed by atoms with E-state index in [1.54, 1.807) is 12.1 Å². The molecule has 4 nitrogen and oxygen atoms in total. The van der Waals surface area contributed by atoms with Gasteiger partial charge in [-0.25, -0.2) is 0 Å². The summed E-state index contributed by atoms with van der Waals surface area (Å²) in [7, 11) is 1.32. The van der Waals surface area contributed by atoms with Crippen LogP contribution in [0.5, 0.6) is 11.5 Å². The Bertz CT molecular complexity index is 717. The summed E-state index contributed by atoms with van der Waals surface area (Å²) in [6.07, 6.45) is 0. The fraction of sp³-hybridized carbons (Fsp3) is 0.235. The summed E-state index contributed by atoms with van der Waals surface area (Å²) >= 11 is 0. The summed E-state index contributed by atoms with van der Waals surface area (Å²) in [5, 5.41) is 2.71. The standard InChI is InChI=1S/C17H17F2NO3/c1-10-6-4-8-13(11(10)2)20-16(21)12-7-5-9-14(22-3)15(12)23-17(18)19/h4-9,17H,1-3H3,(H,20,21). The van der Waals surface area contributed by atoms with Crippen LogP contribution in [-0.2, 0) is 0 Å². The maximum atomic E-state index is 12.6. The zero-order chi connectivity index (χ0) is 17.0. The third kappa shape index (κ3) is 3.77. The molecule has 1 amide bonds. The molecule has 0 aliphatic carbocycles. The second-order valence-corrected chi connectivity index (χ2v) is 4.92. The van der Waals surface area contributed by atoms with E-state index in [1.807, 2.05) is 19.9 Å². The first kappa shape index (κ1) is 16.7. The molecule has 122 valence electrons. The summed E-state index contributed by atoms with van der Waals surface area (Å²) in [6, 6.07) is 9.86. The number of hydrogen-bond donors (Lipinski definition) is 1. The Balaban J connectivity index is 2.37. The van der Waals surface area contributed by atoms with Crippen molar-refractivity contribution in [2.45, 2.75) is 20.5 Å². The van der Waals surface area contributed by atoms with Crippen LogP contribution in [0.3, 0.4) is 0 Å². The lowest BCUT2D eigenvalue weighted by molar-refractivity contribution is -0.0515. The van der Waals surface area contributed by atoms with Crippen molar-refractivity contribution in [1.29, 1.82) is 0 Å². The maximum absolute atomic E-state index is 12.6. The van der Waals surface area contributed by atoms with Gasteiger partial charge in [-0.15, -0.1) is 0 Å². The van der Waals surface area contributed by atoms with Gasteiger partial charge >= 0.3 is 6.61 Å². The highest BCUT2D eigenvalue weighted by Gasteiger charge is 2.20. The number of carbonyl (C=O) groups is 1. The number of alkyl halides is 2. The van der Waals surface area contributed by atoms with Gasteiger partial charge in [0.1, 0.15) is 0 Å². The number of rotatable bonds is 5. The molecule has 0 fully saturated rings. The van der Waals surface area contributed by atoms with E-state index in [0.29, 0.717) is 5.69 Å². The van der Waals surface area contributed by atoms with E-state index in [1.165, 1.54) is 25.3 Å². The van der Waals surface area contributed by atoms with Crippen molar-refractivity contribution in [3.63, 3.8) is 0 Å². The topological polar surface area (TPSA) is 47.6 Å². The molecule has 1 N–H and O–H groups in total. The molecule has 0 saturated heterocycles. The zero-order valence-corrected chi connectivity index (χ0v) is 13.0. The quantitative estimate of drug-likeness (QED) is 0.899. The Labute approximate surface area is 133 Å². The number of amides is 1. The van der Waals surface area contributed by atoms with Crippen LogP contribution in [0.25, 0.3) is 0 Å². The maximum Gasteiger partial charge on any atom is 0.387 e. The number of aryl methyl sites for hydroxylation is 1. The molecule has 0 bridgehead atoms. The first-order valence-electron chi connectivity index (χ1n) is 6.93. The van der Waals surface area contributed by atoms with Crippen LogP contribution < -0.4 is 14.8 Å². The van der Waals surface area contributed by atoms with Gasteiger partial charge in [0.15, 0.2) is 11.5 Å². The van der Waals surface area contributed by atoms with Gasteiger partial charge in [-0.2, -0.15) is 8.78 Å². The van der Waals surface area contributed by atoms with Crippen molar-refractivity contribution in [2.75, 3.05) is 12.4 Å². The molecule has 0 aliphatic rings. The monoisotopic (exact) mass is 321 g/mol. The van der Waals surface area contributed by atoms with Crippen LogP contribution in [-0.4, -0.2) is 19.6 Å². The Morgan fingerprint density at radius 2 is 1.83 bits per heavy atom. The molecule has 0 unspecified atom stereocenters. The van der Waals surface area contributed by atoms with E-state index in [-0.39, 0.29) is 17.1 Å². The number of para-hydroxylation sites is 1. The molecule has 6 heteroatoms.